The highest BCUT2D eigenvalue weighted by Gasteiger charge is 2.30. The molecule has 1 N–H and O–H groups in total. The van der Waals surface area contributed by atoms with Crippen LogP contribution in [0.2, 0.25) is 0 Å². The van der Waals surface area contributed by atoms with E-state index in [-0.39, 0.29) is 17.4 Å². The van der Waals surface area contributed by atoms with Gasteiger partial charge >= 0.3 is 0 Å². The van der Waals surface area contributed by atoms with E-state index in [9.17, 15) is 4.79 Å². The molecular formula is C23H32N4O2. The summed E-state index contributed by atoms with van der Waals surface area (Å²) < 4.78 is 7.80. The summed E-state index contributed by atoms with van der Waals surface area (Å²) >= 11 is 0. The summed E-state index contributed by atoms with van der Waals surface area (Å²) in [4.78, 5) is 17.5. The van der Waals surface area contributed by atoms with Crippen LogP contribution in [0.1, 0.15) is 74.3 Å². The van der Waals surface area contributed by atoms with Gasteiger partial charge in [-0.3, -0.25) is 4.79 Å². The molecule has 0 radical (unpaired) electrons. The first-order valence-electron chi connectivity index (χ1n) is 10.3. The van der Waals surface area contributed by atoms with Crippen molar-refractivity contribution in [3.63, 3.8) is 0 Å². The number of furan rings is 1. The third kappa shape index (κ3) is 4.52. The summed E-state index contributed by atoms with van der Waals surface area (Å²) in [6.07, 6.45) is 1.86. The van der Waals surface area contributed by atoms with Crippen molar-refractivity contribution in [1.82, 2.24) is 19.9 Å². The van der Waals surface area contributed by atoms with E-state index in [0.29, 0.717) is 12.8 Å². The van der Waals surface area contributed by atoms with Crippen molar-refractivity contribution in [2.75, 3.05) is 0 Å². The Morgan fingerprint density at radius 1 is 1.24 bits per heavy atom. The number of aryl methyl sites for hydroxylation is 4. The van der Waals surface area contributed by atoms with Crippen LogP contribution in [0.4, 0.5) is 0 Å². The van der Waals surface area contributed by atoms with Crippen LogP contribution in [-0.2, 0) is 17.6 Å². The van der Waals surface area contributed by atoms with E-state index >= 15 is 0 Å². The zero-order valence-electron chi connectivity index (χ0n) is 18.6. The lowest BCUT2D eigenvalue weighted by atomic mass is 9.85. The van der Waals surface area contributed by atoms with Crippen LogP contribution >= 0.6 is 0 Å². The third-order valence-electron chi connectivity index (χ3n) is 5.37. The van der Waals surface area contributed by atoms with Crippen LogP contribution in [0.5, 0.6) is 0 Å². The van der Waals surface area contributed by atoms with Gasteiger partial charge in [-0.15, -0.1) is 0 Å². The zero-order valence-corrected chi connectivity index (χ0v) is 18.6. The SMILES string of the molecule is CCc1ccc(C(NC(=O)CCc2c(C)nc3cc(C)nn3c2C)C(C)(C)C)o1. The number of amides is 1. The van der Waals surface area contributed by atoms with Crippen molar-refractivity contribution in [2.45, 2.75) is 73.8 Å². The Hall–Kier alpha value is -2.63. The summed E-state index contributed by atoms with van der Waals surface area (Å²) in [5.41, 5.74) is 4.70. The first-order chi connectivity index (χ1) is 13.6. The number of rotatable bonds is 6. The van der Waals surface area contributed by atoms with E-state index < -0.39 is 0 Å². The second kappa shape index (κ2) is 8.01. The molecule has 0 saturated heterocycles. The minimum absolute atomic E-state index is 0.00918. The molecule has 1 amide bonds. The van der Waals surface area contributed by atoms with Crippen molar-refractivity contribution in [2.24, 2.45) is 5.41 Å². The maximum Gasteiger partial charge on any atom is 0.220 e. The smallest absolute Gasteiger partial charge is 0.220 e. The second-order valence-electron chi connectivity index (χ2n) is 8.84. The van der Waals surface area contributed by atoms with Gasteiger partial charge in [-0.25, -0.2) is 9.50 Å². The molecule has 0 aliphatic heterocycles. The highest BCUT2D eigenvalue weighted by molar-refractivity contribution is 5.76. The first-order valence-corrected chi connectivity index (χ1v) is 10.3. The van der Waals surface area contributed by atoms with Gasteiger partial charge in [-0.2, -0.15) is 5.10 Å². The Morgan fingerprint density at radius 3 is 2.59 bits per heavy atom. The Labute approximate surface area is 172 Å². The molecule has 156 valence electrons. The predicted molar refractivity (Wildman–Crippen MR) is 114 cm³/mol. The van der Waals surface area contributed by atoms with Gasteiger partial charge in [0.1, 0.15) is 11.5 Å². The molecule has 1 unspecified atom stereocenters. The lowest BCUT2D eigenvalue weighted by Crippen LogP contribution is -2.36. The van der Waals surface area contributed by atoms with Crippen molar-refractivity contribution >= 4 is 11.6 Å². The number of carbonyl (C=O) groups is 1. The molecule has 1 atom stereocenters. The molecule has 0 fully saturated rings. The average Bonchev–Trinajstić information content (AvgIpc) is 3.24. The molecule has 3 rings (SSSR count). The lowest BCUT2D eigenvalue weighted by Gasteiger charge is -2.30. The minimum atomic E-state index is -0.174. The van der Waals surface area contributed by atoms with E-state index in [4.69, 9.17) is 4.42 Å². The largest absolute Gasteiger partial charge is 0.464 e. The standard InChI is InChI=1S/C23H32N4O2/c1-8-17-9-11-19(29-17)22(23(5,6)7)25-21(28)12-10-18-15(3)24-20-13-14(2)26-27(20)16(18)4/h9,11,13,22H,8,10,12H2,1-7H3,(H,25,28). The number of carbonyl (C=O) groups excluding carboxylic acids is 1. The monoisotopic (exact) mass is 396 g/mol. The Morgan fingerprint density at radius 2 is 1.97 bits per heavy atom. The molecular weight excluding hydrogens is 364 g/mol. The molecule has 6 nitrogen and oxygen atoms in total. The number of nitrogens with one attached hydrogen (secondary N) is 1. The van der Waals surface area contributed by atoms with Gasteiger partial charge in [0.2, 0.25) is 5.91 Å². The molecule has 0 spiro atoms. The normalized spacial score (nSPS) is 13.1. The van der Waals surface area contributed by atoms with E-state index in [1.807, 2.05) is 43.5 Å². The van der Waals surface area contributed by atoms with Crippen LogP contribution in [0.3, 0.4) is 0 Å². The summed E-state index contributed by atoms with van der Waals surface area (Å²) in [7, 11) is 0. The highest BCUT2D eigenvalue weighted by atomic mass is 16.3. The Bertz CT molecular complexity index is 1020. The van der Waals surface area contributed by atoms with Crippen LogP contribution in [0.25, 0.3) is 5.65 Å². The predicted octanol–water partition coefficient (Wildman–Crippen LogP) is 4.65. The zero-order chi connectivity index (χ0) is 21.3. The van der Waals surface area contributed by atoms with E-state index in [1.165, 1.54) is 0 Å². The third-order valence-corrected chi connectivity index (χ3v) is 5.37. The van der Waals surface area contributed by atoms with Crippen LogP contribution in [0, 0.1) is 26.2 Å². The quantitative estimate of drug-likeness (QED) is 0.658. The van der Waals surface area contributed by atoms with Gasteiger partial charge in [0.15, 0.2) is 5.65 Å². The van der Waals surface area contributed by atoms with Crippen molar-refractivity contribution in [1.29, 1.82) is 0 Å². The second-order valence-corrected chi connectivity index (χ2v) is 8.84. The van der Waals surface area contributed by atoms with Crippen LogP contribution in [-0.4, -0.2) is 20.5 Å². The van der Waals surface area contributed by atoms with Gasteiger partial charge in [0.25, 0.3) is 0 Å². The van der Waals surface area contributed by atoms with Gasteiger partial charge in [0, 0.05) is 30.3 Å². The fraction of sp³-hybridized carbons (Fsp3) is 0.522. The van der Waals surface area contributed by atoms with Crippen molar-refractivity contribution < 1.29 is 9.21 Å². The lowest BCUT2D eigenvalue weighted by molar-refractivity contribution is -0.122. The molecule has 0 aliphatic rings. The molecule has 3 heterocycles. The molecule has 0 saturated carbocycles. The Balaban J connectivity index is 1.75. The van der Waals surface area contributed by atoms with Crippen LogP contribution < -0.4 is 5.32 Å². The molecule has 0 aromatic carbocycles. The topological polar surface area (TPSA) is 72.4 Å². The minimum Gasteiger partial charge on any atom is -0.464 e. The maximum absolute atomic E-state index is 12.8. The molecule has 0 bridgehead atoms. The van der Waals surface area contributed by atoms with Gasteiger partial charge in [0.05, 0.1) is 11.7 Å². The molecule has 0 aliphatic carbocycles. The molecule has 3 aromatic heterocycles. The number of hydrogen-bond acceptors (Lipinski definition) is 4. The maximum atomic E-state index is 12.8. The summed E-state index contributed by atoms with van der Waals surface area (Å²) in [5.74, 6) is 1.75. The van der Waals surface area contributed by atoms with Crippen molar-refractivity contribution in [3.8, 4) is 0 Å². The van der Waals surface area contributed by atoms with Crippen molar-refractivity contribution in [3.05, 3.63) is 52.4 Å². The van der Waals surface area contributed by atoms with Gasteiger partial charge in [-0.1, -0.05) is 27.7 Å². The van der Waals surface area contributed by atoms with Gasteiger partial charge in [-0.05, 0) is 50.3 Å². The molecule has 6 heteroatoms. The Kier molecular flexibility index (Phi) is 5.82. The number of hydrogen-bond donors (Lipinski definition) is 1. The summed E-state index contributed by atoms with van der Waals surface area (Å²) in [6, 6.07) is 5.76. The average molecular weight is 397 g/mol. The summed E-state index contributed by atoms with van der Waals surface area (Å²) in [6.45, 7) is 14.4. The first kappa shape index (κ1) is 21.1. The molecule has 29 heavy (non-hydrogen) atoms. The number of nitrogens with zero attached hydrogens (tertiary/aromatic N) is 3. The highest BCUT2D eigenvalue weighted by Crippen LogP contribution is 2.34. The summed E-state index contributed by atoms with van der Waals surface area (Å²) in [5, 5.41) is 7.70. The van der Waals surface area contributed by atoms with Gasteiger partial charge < -0.3 is 9.73 Å². The van der Waals surface area contributed by atoms with E-state index in [0.717, 1.165) is 46.2 Å². The van der Waals surface area contributed by atoms with E-state index in [2.05, 4.69) is 43.1 Å². The van der Waals surface area contributed by atoms with E-state index in [1.54, 1.807) is 0 Å². The number of aromatic nitrogens is 3. The fourth-order valence-corrected chi connectivity index (χ4v) is 3.73. The van der Waals surface area contributed by atoms with Crippen LogP contribution in [0.15, 0.2) is 22.6 Å². The molecule has 3 aromatic rings. The number of fused-ring (bicyclic) bond motifs is 1. The fourth-order valence-electron chi connectivity index (χ4n) is 3.73.